The van der Waals surface area contributed by atoms with E-state index in [-0.39, 0.29) is 6.09 Å². The Balaban J connectivity index is 1.89. The molecule has 0 saturated heterocycles. The number of nitrogens with one attached hydrogen (secondary N) is 1. The van der Waals surface area contributed by atoms with Gasteiger partial charge in [-0.05, 0) is 62.6 Å². The van der Waals surface area contributed by atoms with Crippen LogP contribution in [-0.2, 0) is 17.6 Å². The second-order valence-corrected chi connectivity index (χ2v) is 6.72. The molecule has 0 bridgehead atoms. The zero-order valence-electron chi connectivity index (χ0n) is 13.2. The molecule has 1 aliphatic rings. The summed E-state index contributed by atoms with van der Waals surface area (Å²) in [5.74, 6) is 0.477. The first-order valence-electron chi connectivity index (χ1n) is 7.58. The molecule has 114 valence electrons. The van der Waals surface area contributed by atoms with Crippen molar-refractivity contribution < 1.29 is 9.53 Å². The number of hydrogen-bond acceptors (Lipinski definition) is 2. The van der Waals surface area contributed by atoms with E-state index in [2.05, 4.69) is 30.1 Å². The molecular weight excluding hydrogens is 262 g/mol. The maximum atomic E-state index is 11.7. The number of fused-ring (bicyclic) bond motifs is 1. The Hall–Kier alpha value is -1.77. The van der Waals surface area contributed by atoms with E-state index in [0.717, 1.165) is 24.8 Å². The van der Waals surface area contributed by atoms with E-state index in [9.17, 15) is 4.79 Å². The van der Waals surface area contributed by atoms with Crippen LogP contribution in [0.2, 0.25) is 0 Å². The smallest absolute Gasteiger partial charge is 0.407 e. The quantitative estimate of drug-likeness (QED) is 0.914. The minimum absolute atomic E-state index is 0.326. The predicted octanol–water partition coefficient (Wildman–Crippen LogP) is 3.96. The molecule has 1 amide bonds. The minimum Gasteiger partial charge on any atom is -0.444 e. The molecular formula is C18H25NO2. The highest BCUT2D eigenvalue weighted by Crippen LogP contribution is 2.26. The van der Waals surface area contributed by atoms with Crippen molar-refractivity contribution in [3.63, 3.8) is 0 Å². The van der Waals surface area contributed by atoms with E-state index in [0.29, 0.717) is 12.5 Å². The number of ether oxygens (including phenoxy) is 1. The van der Waals surface area contributed by atoms with Crippen LogP contribution in [0.1, 0.15) is 43.9 Å². The second kappa shape index (κ2) is 6.33. The van der Waals surface area contributed by atoms with Crippen LogP contribution >= 0.6 is 0 Å². The SMILES string of the molecule is C=Cc1ccc2c(c1)CC(CNC(=O)OC(C)(C)C)CC2. The maximum absolute atomic E-state index is 11.7. The molecule has 0 radical (unpaired) electrons. The number of hydrogen-bond donors (Lipinski definition) is 1. The van der Waals surface area contributed by atoms with Gasteiger partial charge >= 0.3 is 6.09 Å². The van der Waals surface area contributed by atoms with E-state index in [1.54, 1.807) is 0 Å². The van der Waals surface area contributed by atoms with Crippen molar-refractivity contribution in [1.29, 1.82) is 0 Å². The van der Waals surface area contributed by atoms with Crippen molar-refractivity contribution >= 4 is 12.2 Å². The molecule has 1 unspecified atom stereocenters. The van der Waals surface area contributed by atoms with Crippen LogP contribution in [0.3, 0.4) is 0 Å². The Bertz CT molecular complexity index is 529. The third-order valence-corrected chi connectivity index (χ3v) is 3.73. The summed E-state index contributed by atoms with van der Waals surface area (Å²) in [4.78, 5) is 11.7. The molecule has 0 aromatic heterocycles. The van der Waals surface area contributed by atoms with Crippen molar-refractivity contribution in [2.24, 2.45) is 5.92 Å². The molecule has 1 aliphatic carbocycles. The van der Waals surface area contributed by atoms with Gasteiger partial charge < -0.3 is 10.1 Å². The van der Waals surface area contributed by atoms with Gasteiger partial charge in [-0.25, -0.2) is 4.79 Å². The normalized spacial score (nSPS) is 17.8. The van der Waals surface area contributed by atoms with E-state index in [4.69, 9.17) is 4.74 Å². The lowest BCUT2D eigenvalue weighted by Crippen LogP contribution is -2.36. The van der Waals surface area contributed by atoms with Gasteiger partial charge in [0.1, 0.15) is 5.60 Å². The molecule has 0 fully saturated rings. The molecule has 0 saturated carbocycles. The Labute approximate surface area is 127 Å². The first-order valence-corrected chi connectivity index (χ1v) is 7.58. The van der Waals surface area contributed by atoms with Gasteiger partial charge in [-0.3, -0.25) is 0 Å². The third kappa shape index (κ3) is 4.62. The topological polar surface area (TPSA) is 38.3 Å². The van der Waals surface area contributed by atoms with E-state index < -0.39 is 5.60 Å². The van der Waals surface area contributed by atoms with E-state index in [1.807, 2.05) is 26.8 Å². The first kappa shape index (κ1) is 15.6. The fourth-order valence-electron chi connectivity index (χ4n) is 2.70. The van der Waals surface area contributed by atoms with Crippen LogP contribution in [-0.4, -0.2) is 18.2 Å². The van der Waals surface area contributed by atoms with Gasteiger partial charge in [0.25, 0.3) is 0 Å². The number of amides is 1. The number of carbonyl (C=O) groups is 1. The lowest BCUT2D eigenvalue weighted by atomic mass is 9.83. The van der Waals surface area contributed by atoms with Gasteiger partial charge in [0.05, 0.1) is 0 Å². The summed E-state index contributed by atoms with van der Waals surface area (Å²) in [6.07, 6.45) is 4.74. The summed E-state index contributed by atoms with van der Waals surface area (Å²) in [6, 6.07) is 6.52. The average Bonchev–Trinajstić information content (AvgIpc) is 2.42. The molecule has 3 nitrogen and oxygen atoms in total. The summed E-state index contributed by atoms with van der Waals surface area (Å²) in [5.41, 5.74) is 3.53. The minimum atomic E-state index is -0.442. The number of benzene rings is 1. The molecule has 21 heavy (non-hydrogen) atoms. The lowest BCUT2D eigenvalue weighted by molar-refractivity contribution is 0.0518. The van der Waals surface area contributed by atoms with Crippen LogP contribution < -0.4 is 5.32 Å². The Morgan fingerprint density at radius 2 is 2.19 bits per heavy atom. The summed E-state index contributed by atoms with van der Waals surface area (Å²) < 4.78 is 5.27. The third-order valence-electron chi connectivity index (χ3n) is 3.73. The number of rotatable bonds is 3. The van der Waals surface area contributed by atoms with Gasteiger partial charge in [0, 0.05) is 6.54 Å². The van der Waals surface area contributed by atoms with Gasteiger partial charge in [0.2, 0.25) is 0 Å². The van der Waals surface area contributed by atoms with Crippen molar-refractivity contribution in [2.75, 3.05) is 6.54 Å². The monoisotopic (exact) mass is 287 g/mol. The van der Waals surface area contributed by atoms with Gasteiger partial charge in [-0.15, -0.1) is 0 Å². The predicted molar refractivity (Wildman–Crippen MR) is 86.3 cm³/mol. The number of carbonyl (C=O) groups excluding carboxylic acids is 1. The Kier molecular flexibility index (Phi) is 4.71. The maximum Gasteiger partial charge on any atom is 0.407 e. The highest BCUT2D eigenvalue weighted by atomic mass is 16.6. The average molecular weight is 287 g/mol. The summed E-state index contributed by atoms with van der Waals surface area (Å²) in [6.45, 7) is 10.1. The molecule has 1 aromatic carbocycles. The van der Waals surface area contributed by atoms with Crippen molar-refractivity contribution in [3.8, 4) is 0 Å². The molecule has 1 N–H and O–H groups in total. The van der Waals surface area contributed by atoms with Crippen LogP contribution in [0.5, 0.6) is 0 Å². The molecule has 0 aliphatic heterocycles. The van der Waals surface area contributed by atoms with Crippen LogP contribution in [0.25, 0.3) is 6.08 Å². The standard InChI is InChI=1S/C18H25NO2/c1-5-13-6-8-15-9-7-14(11-16(15)10-13)12-19-17(20)21-18(2,3)4/h5-6,8,10,14H,1,7,9,11-12H2,2-4H3,(H,19,20). The Morgan fingerprint density at radius 3 is 2.86 bits per heavy atom. The number of aryl methyl sites for hydroxylation is 1. The van der Waals surface area contributed by atoms with Crippen molar-refractivity contribution in [2.45, 2.75) is 45.6 Å². The summed E-state index contributed by atoms with van der Waals surface area (Å²) in [7, 11) is 0. The Morgan fingerprint density at radius 1 is 1.43 bits per heavy atom. The highest BCUT2D eigenvalue weighted by molar-refractivity contribution is 5.67. The molecule has 0 spiro atoms. The largest absolute Gasteiger partial charge is 0.444 e. The molecule has 3 heteroatoms. The van der Waals surface area contributed by atoms with Crippen LogP contribution in [0.4, 0.5) is 4.79 Å². The molecule has 0 heterocycles. The van der Waals surface area contributed by atoms with Gasteiger partial charge in [-0.2, -0.15) is 0 Å². The molecule has 1 atom stereocenters. The second-order valence-electron chi connectivity index (χ2n) is 6.72. The summed E-state index contributed by atoms with van der Waals surface area (Å²) in [5, 5.41) is 2.89. The first-order chi connectivity index (χ1) is 9.87. The zero-order chi connectivity index (χ0) is 15.5. The van der Waals surface area contributed by atoms with Gasteiger partial charge in [0.15, 0.2) is 0 Å². The van der Waals surface area contributed by atoms with E-state index >= 15 is 0 Å². The fraction of sp³-hybridized carbons (Fsp3) is 0.500. The van der Waals surface area contributed by atoms with Gasteiger partial charge in [-0.1, -0.05) is 30.9 Å². The van der Waals surface area contributed by atoms with Crippen molar-refractivity contribution in [1.82, 2.24) is 5.32 Å². The van der Waals surface area contributed by atoms with Crippen LogP contribution in [0.15, 0.2) is 24.8 Å². The summed E-state index contributed by atoms with van der Waals surface area (Å²) >= 11 is 0. The lowest BCUT2D eigenvalue weighted by Gasteiger charge is -2.26. The zero-order valence-corrected chi connectivity index (χ0v) is 13.2. The molecule has 1 aromatic rings. The fourth-order valence-corrected chi connectivity index (χ4v) is 2.70. The van der Waals surface area contributed by atoms with Crippen LogP contribution in [0, 0.1) is 5.92 Å². The molecule has 2 rings (SSSR count). The number of alkyl carbamates (subject to hydrolysis) is 1. The highest BCUT2D eigenvalue weighted by Gasteiger charge is 2.21. The van der Waals surface area contributed by atoms with Crippen molar-refractivity contribution in [3.05, 3.63) is 41.5 Å². The van der Waals surface area contributed by atoms with E-state index in [1.165, 1.54) is 11.1 Å².